The van der Waals surface area contributed by atoms with Crippen molar-refractivity contribution in [3.63, 3.8) is 0 Å². The number of benzene rings is 3. The summed E-state index contributed by atoms with van der Waals surface area (Å²) >= 11 is 5.89. The first-order chi connectivity index (χ1) is 19.8. The summed E-state index contributed by atoms with van der Waals surface area (Å²) in [6.45, 7) is 1.71. The summed E-state index contributed by atoms with van der Waals surface area (Å²) in [4.78, 5) is 48.1. The highest BCUT2D eigenvalue weighted by molar-refractivity contribution is 6.30. The third kappa shape index (κ3) is 10.3. The van der Waals surface area contributed by atoms with Crippen molar-refractivity contribution in [3.05, 3.63) is 82.9 Å². The lowest BCUT2D eigenvalue weighted by Crippen LogP contribution is -2.20. The molecule has 0 spiro atoms. The Morgan fingerprint density at radius 2 is 1.59 bits per heavy atom. The van der Waals surface area contributed by atoms with E-state index in [9.17, 15) is 19.2 Å². The lowest BCUT2D eigenvalue weighted by atomic mass is 10.2. The van der Waals surface area contributed by atoms with E-state index in [2.05, 4.69) is 21.2 Å². The molecule has 0 aliphatic carbocycles. The number of hydrogen-bond donors (Lipinski definition) is 3. The van der Waals surface area contributed by atoms with Crippen molar-refractivity contribution in [1.29, 1.82) is 0 Å². The standard InChI is InChI=1S/C29H29ClN4O7/c1-3-40-29(38)20-8-10-22(11-9-20)32-28(37)18-41-24-12-7-19(15-25(24)39-2)17-31-34-27(36)14-13-26(35)33-23-6-4-5-21(30)16-23/h4-12,15-17H,3,13-14,18H2,1-2H3,(H,32,37)(H,33,35)(H,34,36). The van der Waals surface area contributed by atoms with Gasteiger partial charge in [0.1, 0.15) is 0 Å². The molecule has 0 saturated heterocycles. The molecule has 3 N–H and O–H groups in total. The largest absolute Gasteiger partial charge is 0.493 e. The van der Waals surface area contributed by atoms with Crippen molar-refractivity contribution in [2.45, 2.75) is 19.8 Å². The molecule has 214 valence electrons. The molecule has 3 aromatic rings. The van der Waals surface area contributed by atoms with Crippen LogP contribution in [-0.2, 0) is 19.1 Å². The van der Waals surface area contributed by atoms with Crippen LogP contribution >= 0.6 is 11.6 Å². The maximum Gasteiger partial charge on any atom is 0.338 e. The average Bonchev–Trinajstić information content (AvgIpc) is 2.96. The van der Waals surface area contributed by atoms with Gasteiger partial charge in [-0.1, -0.05) is 17.7 Å². The predicted octanol–water partition coefficient (Wildman–Crippen LogP) is 4.41. The number of anilines is 2. The van der Waals surface area contributed by atoms with Gasteiger partial charge >= 0.3 is 5.97 Å². The number of rotatable bonds is 13. The topological polar surface area (TPSA) is 144 Å². The highest BCUT2D eigenvalue weighted by Crippen LogP contribution is 2.27. The molecule has 12 heteroatoms. The summed E-state index contributed by atoms with van der Waals surface area (Å²) in [6, 6.07) is 17.9. The quantitative estimate of drug-likeness (QED) is 0.154. The minimum atomic E-state index is -0.438. The van der Waals surface area contributed by atoms with Gasteiger partial charge < -0.3 is 24.8 Å². The van der Waals surface area contributed by atoms with Gasteiger partial charge in [-0.2, -0.15) is 5.10 Å². The number of hydrogen-bond acceptors (Lipinski definition) is 8. The van der Waals surface area contributed by atoms with Crippen LogP contribution in [0, 0.1) is 0 Å². The second kappa shape index (κ2) is 15.6. The summed E-state index contributed by atoms with van der Waals surface area (Å²) in [6.07, 6.45) is 1.32. The van der Waals surface area contributed by atoms with Gasteiger partial charge in [0.05, 0.1) is 25.5 Å². The van der Waals surface area contributed by atoms with E-state index >= 15 is 0 Å². The van der Waals surface area contributed by atoms with Crippen LogP contribution in [0.5, 0.6) is 11.5 Å². The van der Waals surface area contributed by atoms with Gasteiger partial charge in [0, 0.05) is 29.2 Å². The molecule has 3 rings (SSSR count). The van der Waals surface area contributed by atoms with Crippen molar-refractivity contribution in [1.82, 2.24) is 5.43 Å². The molecule has 0 saturated carbocycles. The van der Waals surface area contributed by atoms with E-state index in [1.54, 1.807) is 73.7 Å². The maximum atomic E-state index is 12.3. The third-order valence-electron chi connectivity index (χ3n) is 5.32. The Bertz CT molecular complexity index is 1410. The predicted molar refractivity (Wildman–Crippen MR) is 155 cm³/mol. The van der Waals surface area contributed by atoms with Crippen LogP contribution in [0.15, 0.2) is 71.8 Å². The zero-order valence-corrected chi connectivity index (χ0v) is 23.2. The Kier molecular flexibility index (Phi) is 11.7. The number of nitrogens with zero attached hydrogens (tertiary/aromatic N) is 1. The lowest BCUT2D eigenvalue weighted by molar-refractivity contribution is -0.124. The van der Waals surface area contributed by atoms with Gasteiger partial charge in [-0.25, -0.2) is 10.2 Å². The molecule has 0 aromatic heterocycles. The lowest BCUT2D eigenvalue weighted by Gasteiger charge is -2.11. The third-order valence-corrected chi connectivity index (χ3v) is 5.55. The van der Waals surface area contributed by atoms with Gasteiger partial charge in [0.15, 0.2) is 18.1 Å². The minimum absolute atomic E-state index is 0.0276. The van der Waals surface area contributed by atoms with Gasteiger partial charge in [-0.3, -0.25) is 14.4 Å². The SMILES string of the molecule is CCOC(=O)c1ccc(NC(=O)COc2ccc(C=NNC(=O)CCC(=O)Nc3cccc(Cl)c3)cc2OC)cc1. The van der Waals surface area contributed by atoms with E-state index in [4.69, 9.17) is 25.8 Å². The van der Waals surface area contributed by atoms with Crippen LogP contribution in [0.3, 0.4) is 0 Å². The molecule has 41 heavy (non-hydrogen) atoms. The number of amides is 3. The number of carbonyl (C=O) groups excluding carboxylic acids is 4. The molecule has 0 bridgehead atoms. The summed E-state index contributed by atoms with van der Waals surface area (Å²) in [5.41, 5.74) is 4.39. The van der Waals surface area contributed by atoms with Crippen LogP contribution in [0.2, 0.25) is 5.02 Å². The Morgan fingerprint density at radius 3 is 2.29 bits per heavy atom. The molecular weight excluding hydrogens is 552 g/mol. The molecule has 3 amide bonds. The molecule has 11 nitrogen and oxygen atoms in total. The molecular formula is C29H29ClN4O7. The summed E-state index contributed by atoms with van der Waals surface area (Å²) in [7, 11) is 1.45. The van der Waals surface area contributed by atoms with Gasteiger partial charge in [-0.05, 0) is 73.2 Å². The molecule has 0 unspecified atom stereocenters. The maximum absolute atomic E-state index is 12.3. The molecule has 0 radical (unpaired) electrons. The molecule has 0 atom stereocenters. The van der Waals surface area contributed by atoms with Crippen LogP contribution in [0.4, 0.5) is 11.4 Å². The van der Waals surface area contributed by atoms with E-state index in [1.165, 1.54) is 13.3 Å². The van der Waals surface area contributed by atoms with Gasteiger partial charge in [0.2, 0.25) is 11.8 Å². The van der Waals surface area contributed by atoms with Crippen LogP contribution in [0.25, 0.3) is 0 Å². The number of hydrazone groups is 1. The van der Waals surface area contributed by atoms with Crippen molar-refractivity contribution in [2.24, 2.45) is 5.10 Å². The monoisotopic (exact) mass is 580 g/mol. The number of ether oxygens (including phenoxy) is 3. The molecule has 0 fully saturated rings. The van der Waals surface area contributed by atoms with Crippen LogP contribution < -0.4 is 25.5 Å². The second-order valence-corrected chi connectivity index (χ2v) is 8.83. The van der Waals surface area contributed by atoms with Crippen molar-refractivity contribution in [2.75, 3.05) is 31.0 Å². The minimum Gasteiger partial charge on any atom is -0.493 e. The highest BCUT2D eigenvalue weighted by atomic mass is 35.5. The fourth-order valence-electron chi connectivity index (χ4n) is 3.38. The van der Waals surface area contributed by atoms with Gasteiger partial charge in [0.25, 0.3) is 5.91 Å². The first-order valence-electron chi connectivity index (χ1n) is 12.5. The van der Waals surface area contributed by atoms with Crippen molar-refractivity contribution < 1.29 is 33.4 Å². The van der Waals surface area contributed by atoms with E-state index in [0.717, 1.165) is 0 Å². The van der Waals surface area contributed by atoms with Crippen molar-refractivity contribution in [3.8, 4) is 11.5 Å². The molecule has 0 heterocycles. The smallest absolute Gasteiger partial charge is 0.338 e. The van der Waals surface area contributed by atoms with E-state index in [1.807, 2.05) is 0 Å². The van der Waals surface area contributed by atoms with E-state index in [0.29, 0.717) is 39.0 Å². The fraction of sp³-hybridized carbons (Fsp3) is 0.207. The number of esters is 1. The Labute approximate surface area is 241 Å². The van der Waals surface area contributed by atoms with E-state index < -0.39 is 17.8 Å². The first kappa shape index (κ1) is 30.6. The zero-order chi connectivity index (χ0) is 29.6. The summed E-state index contributed by atoms with van der Waals surface area (Å²) < 4.78 is 15.9. The number of carbonyl (C=O) groups is 4. The van der Waals surface area contributed by atoms with E-state index in [-0.39, 0.29) is 32.0 Å². The zero-order valence-electron chi connectivity index (χ0n) is 22.4. The Morgan fingerprint density at radius 1 is 0.854 bits per heavy atom. The number of halogens is 1. The molecule has 0 aliphatic rings. The van der Waals surface area contributed by atoms with Crippen LogP contribution in [-0.4, -0.2) is 50.2 Å². The van der Waals surface area contributed by atoms with Gasteiger partial charge in [-0.15, -0.1) is 0 Å². The van der Waals surface area contributed by atoms with Crippen molar-refractivity contribution >= 4 is 52.9 Å². The summed E-state index contributed by atoms with van der Waals surface area (Å²) in [5, 5.41) is 9.75. The second-order valence-electron chi connectivity index (χ2n) is 8.40. The Balaban J connectivity index is 1.44. The number of methoxy groups -OCH3 is 1. The Hall–Kier alpha value is -4.90. The highest BCUT2D eigenvalue weighted by Gasteiger charge is 2.11. The molecule has 3 aromatic carbocycles. The number of nitrogens with one attached hydrogen (secondary N) is 3. The fourth-order valence-corrected chi connectivity index (χ4v) is 3.57. The molecule has 0 aliphatic heterocycles. The summed E-state index contributed by atoms with van der Waals surface area (Å²) in [5.74, 6) is -0.933. The first-order valence-corrected chi connectivity index (χ1v) is 12.9. The average molecular weight is 581 g/mol. The normalized spacial score (nSPS) is 10.5. The van der Waals surface area contributed by atoms with Crippen LogP contribution in [0.1, 0.15) is 35.7 Å².